The summed E-state index contributed by atoms with van der Waals surface area (Å²) in [4.78, 5) is 11.6. The topological polar surface area (TPSA) is 75.7 Å². The molecule has 8 heteroatoms. The fraction of sp³-hybridized carbons (Fsp3) is 0.533. The van der Waals surface area contributed by atoms with Crippen LogP contribution in [0.5, 0.6) is 5.75 Å². The first kappa shape index (κ1) is 19.4. The average Bonchev–Trinajstić information content (AvgIpc) is 2.47. The predicted molar refractivity (Wildman–Crippen MR) is 85.3 cm³/mol. The number of rotatable bonds is 8. The second-order valence-corrected chi connectivity index (χ2v) is 7.33. The molecule has 0 saturated heterocycles. The molecule has 0 fully saturated rings. The van der Waals surface area contributed by atoms with Crippen LogP contribution in [0, 0.1) is 5.82 Å². The van der Waals surface area contributed by atoms with Gasteiger partial charge in [0.1, 0.15) is 16.5 Å². The van der Waals surface area contributed by atoms with Crippen LogP contribution in [0.15, 0.2) is 23.1 Å². The van der Waals surface area contributed by atoms with E-state index in [4.69, 9.17) is 4.74 Å². The van der Waals surface area contributed by atoms with Gasteiger partial charge in [0.05, 0.1) is 13.7 Å². The number of benzene rings is 1. The Morgan fingerprint density at radius 3 is 2.65 bits per heavy atom. The minimum atomic E-state index is -4.04. The zero-order chi connectivity index (χ0) is 17.6. The van der Waals surface area contributed by atoms with Gasteiger partial charge in [-0.25, -0.2) is 12.8 Å². The van der Waals surface area contributed by atoms with Gasteiger partial charge in [-0.3, -0.25) is 4.79 Å². The second kappa shape index (κ2) is 8.26. The van der Waals surface area contributed by atoms with Crippen LogP contribution >= 0.6 is 0 Å². The number of nitrogens with one attached hydrogen (secondary N) is 1. The number of likely N-dealkylation sites (N-methyl/N-ethyl adjacent to an activating group) is 1. The highest BCUT2D eigenvalue weighted by atomic mass is 32.2. The maximum atomic E-state index is 13.4. The smallest absolute Gasteiger partial charge is 0.247 e. The number of sulfonamides is 1. The molecule has 0 aliphatic heterocycles. The van der Waals surface area contributed by atoms with Crippen molar-refractivity contribution < 1.29 is 22.3 Å². The third-order valence-electron chi connectivity index (χ3n) is 3.31. The summed E-state index contributed by atoms with van der Waals surface area (Å²) in [5.41, 5.74) is 0. The van der Waals surface area contributed by atoms with E-state index in [1.807, 2.05) is 13.8 Å². The fourth-order valence-corrected chi connectivity index (χ4v) is 3.42. The number of ether oxygens (including phenoxy) is 1. The van der Waals surface area contributed by atoms with E-state index in [0.29, 0.717) is 0 Å². The summed E-state index contributed by atoms with van der Waals surface area (Å²) in [6.07, 6.45) is 1.72. The number of hydrogen-bond donors (Lipinski definition) is 1. The van der Waals surface area contributed by atoms with Crippen LogP contribution in [-0.4, -0.2) is 45.4 Å². The van der Waals surface area contributed by atoms with E-state index in [1.165, 1.54) is 20.2 Å². The van der Waals surface area contributed by atoms with E-state index in [1.54, 1.807) is 0 Å². The van der Waals surface area contributed by atoms with Gasteiger partial charge < -0.3 is 10.1 Å². The molecule has 6 nitrogen and oxygen atoms in total. The molecule has 1 aromatic rings. The van der Waals surface area contributed by atoms with Gasteiger partial charge in [-0.1, -0.05) is 13.3 Å². The molecule has 0 aliphatic carbocycles. The standard InChI is InChI=1S/C15H23FN2O4S/c1-5-6-11(2)17-15(19)10-18(3)23(20,21)14-9-12(16)7-8-13(14)22-4/h7-9,11H,5-6,10H2,1-4H3,(H,17,19). The van der Waals surface area contributed by atoms with Gasteiger partial charge in [0.15, 0.2) is 0 Å². The first-order valence-electron chi connectivity index (χ1n) is 7.31. The second-order valence-electron chi connectivity index (χ2n) is 5.31. The maximum absolute atomic E-state index is 13.4. The Morgan fingerprint density at radius 2 is 2.09 bits per heavy atom. The first-order valence-corrected chi connectivity index (χ1v) is 8.75. The quantitative estimate of drug-likeness (QED) is 0.778. The number of nitrogens with zero attached hydrogens (tertiary/aromatic N) is 1. The lowest BCUT2D eigenvalue weighted by molar-refractivity contribution is -0.121. The Balaban J connectivity index is 2.92. The lowest BCUT2D eigenvalue weighted by Gasteiger charge is -2.20. The van der Waals surface area contributed by atoms with E-state index in [9.17, 15) is 17.6 Å². The van der Waals surface area contributed by atoms with Gasteiger partial charge in [-0.2, -0.15) is 4.31 Å². The summed E-state index contributed by atoms with van der Waals surface area (Å²) in [6, 6.07) is 3.19. The van der Waals surface area contributed by atoms with E-state index in [2.05, 4.69) is 5.32 Å². The van der Waals surface area contributed by atoms with Crippen molar-refractivity contribution >= 4 is 15.9 Å². The molecule has 23 heavy (non-hydrogen) atoms. The minimum absolute atomic E-state index is 0.0259. The van der Waals surface area contributed by atoms with Crippen molar-refractivity contribution in [2.75, 3.05) is 20.7 Å². The average molecular weight is 346 g/mol. The summed E-state index contributed by atoms with van der Waals surface area (Å²) in [5, 5.41) is 2.72. The Kier molecular flexibility index (Phi) is 6.96. The van der Waals surface area contributed by atoms with E-state index < -0.39 is 21.7 Å². The highest BCUT2D eigenvalue weighted by Gasteiger charge is 2.27. The van der Waals surface area contributed by atoms with Crippen LogP contribution in [0.4, 0.5) is 4.39 Å². The molecule has 1 rings (SSSR count). The summed E-state index contributed by atoms with van der Waals surface area (Å²) < 4.78 is 44.2. The lowest BCUT2D eigenvalue weighted by atomic mass is 10.2. The Morgan fingerprint density at radius 1 is 1.43 bits per heavy atom. The molecule has 1 N–H and O–H groups in total. The Bertz CT molecular complexity index is 649. The normalized spacial score (nSPS) is 13.0. The van der Waals surface area contributed by atoms with Crippen molar-refractivity contribution in [2.45, 2.75) is 37.6 Å². The predicted octanol–water partition coefficient (Wildman–Crippen LogP) is 1.76. The molecular weight excluding hydrogens is 323 g/mol. The van der Waals surface area contributed by atoms with Gasteiger partial charge in [0.2, 0.25) is 15.9 Å². The molecule has 1 unspecified atom stereocenters. The third kappa shape index (κ3) is 5.18. The van der Waals surface area contributed by atoms with Gasteiger partial charge in [-0.15, -0.1) is 0 Å². The Hall–Kier alpha value is -1.67. The van der Waals surface area contributed by atoms with Gasteiger partial charge in [0, 0.05) is 13.1 Å². The largest absolute Gasteiger partial charge is 0.495 e. The molecule has 1 amide bonds. The van der Waals surface area contributed by atoms with E-state index in [0.717, 1.165) is 29.3 Å². The van der Waals surface area contributed by atoms with Crippen molar-refractivity contribution in [3.8, 4) is 5.75 Å². The maximum Gasteiger partial charge on any atom is 0.247 e. The van der Waals surface area contributed by atoms with Gasteiger partial charge >= 0.3 is 0 Å². The summed E-state index contributed by atoms with van der Waals surface area (Å²) in [5.74, 6) is -1.08. The summed E-state index contributed by atoms with van der Waals surface area (Å²) in [6.45, 7) is 3.50. The van der Waals surface area contributed by atoms with Crippen molar-refractivity contribution in [3.05, 3.63) is 24.0 Å². The van der Waals surface area contributed by atoms with Gasteiger partial charge in [-0.05, 0) is 31.5 Å². The van der Waals surface area contributed by atoms with Crippen LogP contribution in [0.1, 0.15) is 26.7 Å². The van der Waals surface area contributed by atoms with Crippen molar-refractivity contribution in [1.82, 2.24) is 9.62 Å². The number of hydrogen-bond acceptors (Lipinski definition) is 4. The van der Waals surface area contributed by atoms with Gasteiger partial charge in [0.25, 0.3) is 0 Å². The van der Waals surface area contributed by atoms with E-state index in [-0.39, 0.29) is 23.2 Å². The molecule has 0 saturated carbocycles. The Labute approximate surface area is 136 Å². The summed E-state index contributed by atoms with van der Waals surface area (Å²) >= 11 is 0. The monoisotopic (exact) mass is 346 g/mol. The lowest BCUT2D eigenvalue weighted by Crippen LogP contribution is -2.41. The van der Waals surface area contributed by atoms with Crippen LogP contribution < -0.4 is 10.1 Å². The van der Waals surface area contributed by atoms with Crippen LogP contribution in [0.25, 0.3) is 0 Å². The van der Waals surface area contributed by atoms with Crippen molar-refractivity contribution in [2.24, 2.45) is 0 Å². The third-order valence-corrected chi connectivity index (χ3v) is 5.13. The van der Waals surface area contributed by atoms with Crippen molar-refractivity contribution in [1.29, 1.82) is 0 Å². The number of carbonyl (C=O) groups excluding carboxylic acids is 1. The highest BCUT2D eigenvalue weighted by Crippen LogP contribution is 2.26. The first-order chi connectivity index (χ1) is 10.7. The highest BCUT2D eigenvalue weighted by molar-refractivity contribution is 7.89. The molecule has 0 aliphatic rings. The fourth-order valence-electron chi connectivity index (χ4n) is 2.13. The number of amides is 1. The molecule has 0 spiro atoms. The zero-order valence-corrected chi connectivity index (χ0v) is 14.6. The van der Waals surface area contributed by atoms with Crippen LogP contribution in [-0.2, 0) is 14.8 Å². The molecule has 0 aromatic heterocycles. The number of methoxy groups -OCH3 is 1. The molecule has 0 heterocycles. The summed E-state index contributed by atoms with van der Waals surface area (Å²) in [7, 11) is -1.48. The van der Waals surface area contributed by atoms with E-state index >= 15 is 0 Å². The molecule has 130 valence electrons. The van der Waals surface area contributed by atoms with Crippen LogP contribution in [0.2, 0.25) is 0 Å². The molecule has 1 atom stereocenters. The van der Waals surface area contributed by atoms with Crippen molar-refractivity contribution in [3.63, 3.8) is 0 Å². The molecular formula is C15H23FN2O4S. The minimum Gasteiger partial charge on any atom is -0.495 e. The number of halogens is 1. The zero-order valence-electron chi connectivity index (χ0n) is 13.8. The van der Waals surface area contributed by atoms with Crippen LogP contribution in [0.3, 0.4) is 0 Å². The molecule has 0 bridgehead atoms. The molecule has 1 aromatic carbocycles. The SMILES string of the molecule is CCCC(C)NC(=O)CN(C)S(=O)(=O)c1cc(F)ccc1OC. The number of carbonyl (C=O) groups is 1. The molecule has 0 radical (unpaired) electrons.